The lowest BCUT2D eigenvalue weighted by atomic mass is 9.94. The predicted octanol–water partition coefficient (Wildman–Crippen LogP) is 4.38. The summed E-state index contributed by atoms with van der Waals surface area (Å²) in [7, 11) is 3.71. The number of hydrogen-bond acceptors (Lipinski definition) is 2. The molecule has 2 rings (SSSR count). The van der Waals surface area contributed by atoms with Crippen molar-refractivity contribution in [3.05, 3.63) is 63.1 Å². The van der Waals surface area contributed by atoms with Gasteiger partial charge < -0.3 is 10.1 Å². The molecule has 0 saturated carbocycles. The Labute approximate surface area is 129 Å². The first-order chi connectivity index (χ1) is 9.58. The highest BCUT2D eigenvalue weighted by Gasteiger charge is 2.18. The van der Waals surface area contributed by atoms with Gasteiger partial charge in [0.1, 0.15) is 5.75 Å². The van der Waals surface area contributed by atoms with Gasteiger partial charge in [-0.15, -0.1) is 0 Å². The highest BCUT2D eigenvalue weighted by Crippen LogP contribution is 2.34. The smallest absolute Gasteiger partial charge is 0.127 e. The number of halogens is 1. The molecule has 2 aromatic carbocycles. The zero-order valence-corrected chi connectivity index (χ0v) is 13.9. The van der Waals surface area contributed by atoms with Crippen LogP contribution in [0.1, 0.15) is 28.3 Å². The van der Waals surface area contributed by atoms with Crippen molar-refractivity contribution in [1.29, 1.82) is 0 Å². The van der Waals surface area contributed by atoms with Crippen LogP contribution >= 0.6 is 15.9 Å². The van der Waals surface area contributed by atoms with Crippen molar-refractivity contribution in [3.8, 4) is 5.75 Å². The molecule has 1 atom stereocenters. The molecule has 0 bridgehead atoms. The molecule has 0 aliphatic carbocycles. The highest BCUT2D eigenvalue weighted by atomic mass is 79.9. The first kappa shape index (κ1) is 15.1. The Balaban J connectivity index is 2.55. The second-order valence-corrected chi connectivity index (χ2v) is 5.82. The zero-order valence-electron chi connectivity index (χ0n) is 12.3. The van der Waals surface area contributed by atoms with Crippen LogP contribution in [0, 0.1) is 13.8 Å². The maximum atomic E-state index is 5.64. The number of benzene rings is 2. The van der Waals surface area contributed by atoms with E-state index in [2.05, 4.69) is 65.4 Å². The average Bonchev–Trinajstić information content (AvgIpc) is 2.44. The summed E-state index contributed by atoms with van der Waals surface area (Å²) in [6.45, 7) is 4.21. The third-order valence-corrected chi connectivity index (χ3v) is 4.19. The van der Waals surface area contributed by atoms with Crippen molar-refractivity contribution < 1.29 is 4.74 Å². The second-order valence-electron chi connectivity index (χ2n) is 4.91. The van der Waals surface area contributed by atoms with E-state index in [0.29, 0.717) is 0 Å². The minimum atomic E-state index is 0.113. The number of hydrogen-bond donors (Lipinski definition) is 1. The lowest BCUT2D eigenvalue weighted by Crippen LogP contribution is -2.19. The fourth-order valence-corrected chi connectivity index (χ4v) is 2.91. The van der Waals surface area contributed by atoms with E-state index in [1.165, 1.54) is 16.7 Å². The Morgan fingerprint density at radius 2 is 1.90 bits per heavy atom. The van der Waals surface area contributed by atoms with Gasteiger partial charge in [-0.1, -0.05) is 40.2 Å². The van der Waals surface area contributed by atoms with Gasteiger partial charge in [-0.25, -0.2) is 0 Å². The molecule has 1 unspecified atom stereocenters. The molecule has 0 aliphatic heterocycles. The van der Waals surface area contributed by atoms with Crippen LogP contribution in [0.4, 0.5) is 0 Å². The number of methoxy groups -OCH3 is 1. The zero-order chi connectivity index (χ0) is 14.7. The molecule has 0 fully saturated rings. The van der Waals surface area contributed by atoms with Gasteiger partial charge in [0.2, 0.25) is 0 Å². The minimum absolute atomic E-state index is 0.113. The number of rotatable bonds is 4. The van der Waals surface area contributed by atoms with Gasteiger partial charge in [0.15, 0.2) is 0 Å². The van der Waals surface area contributed by atoms with E-state index < -0.39 is 0 Å². The van der Waals surface area contributed by atoms with Gasteiger partial charge in [-0.2, -0.15) is 0 Å². The van der Waals surface area contributed by atoms with E-state index in [1.54, 1.807) is 7.11 Å². The minimum Gasteiger partial charge on any atom is -0.496 e. The molecule has 2 nitrogen and oxygen atoms in total. The summed E-state index contributed by atoms with van der Waals surface area (Å²) in [5, 5.41) is 3.38. The monoisotopic (exact) mass is 333 g/mol. The lowest BCUT2D eigenvalue weighted by Gasteiger charge is -2.22. The maximum absolute atomic E-state index is 5.64. The van der Waals surface area contributed by atoms with Crippen LogP contribution in [0.15, 0.2) is 40.9 Å². The molecular weight excluding hydrogens is 314 g/mol. The van der Waals surface area contributed by atoms with Gasteiger partial charge in [-0.05, 0) is 49.7 Å². The topological polar surface area (TPSA) is 21.3 Å². The Hall–Kier alpha value is -1.32. The summed E-state index contributed by atoms with van der Waals surface area (Å²) in [4.78, 5) is 0. The summed E-state index contributed by atoms with van der Waals surface area (Å²) in [5.74, 6) is 0.962. The normalized spacial score (nSPS) is 12.2. The quantitative estimate of drug-likeness (QED) is 0.896. The first-order valence-electron chi connectivity index (χ1n) is 6.65. The van der Waals surface area contributed by atoms with E-state index in [4.69, 9.17) is 4.74 Å². The Kier molecular flexibility index (Phi) is 4.84. The van der Waals surface area contributed by atoms with Gasteiger partial charge in [0.25, 0.3) is 0 Å². The third kappa shape index (κ3) is 2.89. The van der Waals surface area contributed by atoms with Crippen molar-refractivity contribution in [1.82, 2.24) is 5.32 Å². The van der Waals surface area contributed by atoms with Crippen LogP contribution in [0.3, 0.4) is 0 Å². The van der Waals surface area contributed by atoms with E-state index >= 15 is 0 Å². The van der Waals surface area contributed by atoms with Crippen LogP contribution in [-0.2, 0) is 0 Å². The molecule has 0 aromatic heterocycles. The van der Waals surface area contributed by atoms with E-state index in [0.717, 1.165) is 15.8 Å². The summed E-state index contributed by atoms with van der Waals surface area (Å²) in [5.41, 5.74) is 4.81. The van der Waals surface area contributed by atoms with Crippen molar-refractivity contribution in [2.45, 2.75) is 19.9 Å². The fraction of sp³-hybridized carbons (Fsp3) is 0.294. The molecule has 0 heterocycles. The van der Waals surface area contributed by atoms with E-state index in [9.17, 15) is 0 Å². The molecule has 0 spiro atoms. The Morgan fingerprint density at radius 1 is 1.15 bits per heavy atom. The van der Waals surface area contributed by atoms with E-state index in [1.807, 2.05) is 13.1 Å². The molecule has 3 heteroatoms. The molecule has 0 radical (unpaired) electrons. The summed E-state index contributed by atoms with van der Waals surface area (Å²) >= 11 is 3.53. The highest BCUT2D eigenvalue weighted by molar-refractivity contribution is 9.10. The number of aryl methyl sites for hydroxylation is 1. The van der Waals surface area contributed by atoms with Gasteiger partial charge in [0, 0.05) is 10.0 Å². The average molecular weight is 334 g/mol. The number of nitrogens with one attached hydrogen (secondary N) is 1. The molecule has 106 valence electrons. The van der Waals surface area contributed by atoms with Gasteiger partial charge >= 0.3 is 0 Å². The van der Waals surface area contributed by atoms with Crippen molar-refractivity contribution >= 4 is 15.9 Å². The number of ether oxygens (including phenoxy) is 1. The van der Waals surface area contributed by atoms with Crippen molar-refractivity contribution in [3.63, 3.8) is 0 Å². The maximum Gasteiger partial charge on any atom is 0.127 e. The van der Waals surface area contributed by atoms with E-state index in [-0.39, 0.29) is 6.04 Å². The van der Waals surface area contributed by atoms with Gasteiger partial charge in [-0.3, -0.25) is 0 Å². The lowest BCUT2D eigenvalue weighted by molar-refractivity contribution is 0.402. The summed E-state index contributed by atoms with van der Waals surface area (Å²) < 4.78 is 6.72. The summed E-state index contributed by atoms with van der Waals surface area (Å²) in [6.07, 6.45) is 0. The SMILES string of the molecule is CNC(c1cccc(Br)c1)c1ccc(C)c(C)c1OC. The molecule has 20 heavy (non-hydrogen) atoms. The molecular formula is C17H20BrNO. The molecule has 0 aliphatic rings. The third-order valence-electron chi connectivity index (χ3n) is 3.69. The summed E-state index contributed by atoms with van der Waals surface area (Å²) in [6, 6.07) is 12.8. The second kappa shape index (κ2) is 6.42. The molecule has 0 saturated heterocycles. The van der Waals surface area contributed by atoms with Crippen LogP contribution in [-0.4, -0.2) is 14.2 Å². The van der Waals surface area contributed by atoms with Gasteiger partial charge in [0.05, 0.1) is 13.2 Å². The van der Waals surface area contributed by atoms with Crippen molar-refractivity contribution in [2.24, 2.45) is 0 Å². The van der Waals surface area contributed by atoms with Crippen LogP contribution in [0.25, 0.3) is 0 Å². The predicted molar refractivity (Wildman–Crippen MR) is 87.5 cm³/mol. The first-order valence-corrected chi connectivity index (χ1v) is 7.44. The molecule has 1 N–H and O–H groups in total. The van der Waals surface area contributed by atoms with Crippen molar-refractivity contribution in [2.75, 3.05) is 14.2 Å². The molecule has 0 amide bonds. The molecule has 2 aromatic rings. The fourth-order valence-electron chi connectivity index (χ4n) is 2.50. The van der Waals surface area contributed by atoms with Crippen LogP contribution in [0.2, 0.25) is 0 Å². The Morgan fingerprint density at radius 3 is 2.50 bits per heavy atom. The van der Waals surface area contributed by atoms with Crippen LogP contribution < -0.4 is 10.1 Å². The standard InChI is InChI=1S/C17H20BrNO/c1-11-8-9-15(17(20-4)12(11)2)16(19-3)13-6-5-7-14(18)10-13/h5-10,16,19H,1-4H3. The van der Waals surface area contributed by atoms with Crippen LogP contribution in [0.5, 0.6) is 5.75 Å². The Bertz CT molecular complexity index is 610. The largest absolute Gasteiger partial charge is 0.496 e.